The van der Waals surface area contributed by atoms with E-state index in [2.05, 4.69) is 5.10 Å². The number of alkyl halides is 3. The first-order valence-corrected chi connectivity index (χ1v) is 4.81. The number of nitriles is 2. The van der Waals surface area contributed by atoms with Gasteiger partial charge in [0, 0.05) is 0 Å². The number of hydrazone groups is 1. The van der Waals surface area contributed by atoms with Crippen molar-refractivity contribution in [2.45, 2.75) is 13.1 Å². The summed E-state index contributed by atoms with van der Waals surface area (Å²) in [6.45, 7) is 1.00. The van der Waals surface area contributed by atoms with Gasteiger partial charge < -0.3 is 0 Å². The number of rotatable bonds is 2. The molecule has 0 aliphatic rings. The molecule has 0 aromatic heterocycles. The standard InChI is InChI=1S/C11H6F4N4/c1-6-9(11(13,14)15)2-7(3-10(6)12)18-19-8(4-16)5-17/h2-3,18H,1H3. The number of halogens is 4. The Hall–Kier alpha value is -2.61. The molecule has 0 atom stereocenters. The molecule has 1 N–H and O–H groups in total. The molecule has 0 aliphatic carbocycles. The summed E-state index contributed by atoms with van der Waals surface area (Å²) >= 11 is 0. The molecule has 8 heteroatoms. The van der Waals surface area contributed by atoms with Crippen LogP contribution in [0.5, 0.6) is 0 Å². The van der Waals surface area contributed by atoms with E-state index in [-0.39, 0.29) is 5.69 Å². The van der Waals surface area contributed by atoms with Gasteiger partial charge in [-0.25, -0.2) is 4.39 Å². The summed E-state index contributed by atoms with van der Waals surface area (Å²) in [5.74, 6) is -1.07. The lowest BCUT2D eigenvalue weighted by atomic mass is 10.1. The summed E-state index contributed by atoms with van der Waals surface area (Å²) < 4.78 is 51.2. The van der Waals surface area contributed by atoms with E-state index in [1.165, 1.54) is 12.1 Å². The highest BCUT2D eigenvalue weighted by atomic mass is 19.4. The second-order valence-corrected chi connectivity index (χ2v) is 3.42. The van der Waals surface area contributed by atoms with E-state index in [1.807, 2.05) is 5.43 Å². The maximum atomic E-state index is 13.3. The molecule has 0 spiro atoms. The second-order valence-electron chi connectivity index (χ2n) is 3.42. The van der Waals surface area contributed by atoms with Crippen LogP contribution in [-0.2, 0) is 6.18 Å². The minimum atomic E-state index is -4.71. The summed E-state index contributed by atoms with van der Waals surface area (Å²) in [6.07, 6.45) is -4.71. The highest BCUT2D eigenvalue weighted by Crippen LogP contribution is 2.34. The molecule has 1 aromatic rings. The highest BCUT2D eigenvalue weighted by Gasteiger charge is 2.33. The minimum absolute atomic E-state index is 0.307. The fraction of sp³-hybridized carbons (Fsp3) is 0.182. The van der Waals surface area contributed by atoms with E-state index >= 15 is 0 Å². The second kappa shape index (κ2) is 5.36. The minimum Gasteiger partial charge on any atom is -0.276 e. The molecule has 0 fully saturated rings. The molecule has 0 heterocycles. The van der Waals surface area contributed by atoms with Crippen molar-refractivity contribution in [3.63, 3.8) is 0 Å². The summed E-state index contributed by atoms with van der Waals surface area (Å²) in [5.41, 5.74) is -0.557. The Morgan fingerprint density at radius 2 is 1.84 bits per heavy atom. The SMILES string of the molecule is Cc1c(F)cc(NN=C(C#N)C#N)cc1C(F)(F)F. The lowest BCUT2D eigenvalue weighted by Crippen LogP contribution is -2.10. The lowest BCUT2D eigenvalue weighted by molar-refractivity contribution is -0.138. The Morgan fingerprint density at radius 3 is 2.32 bits per heavy atom. The number of nitrogens with zero attached hydrogens (tertiary/aromatic N) is 3. The van der Waals surface area contributed by atoms with Crippen molar-refractivity contribution in [1.29, 1.82) is 10.5 Å². The molecule has 4 nitrogen and oxygen atoms in total. The maximum Gasteiger partial charge on any atom is 0.416 e. The van der Waals surface area contributed by atoms with E-state index in [1.54, 1.807) is 0 Å². The quantitative estimate of drug-likeness (QED) is 0.510. The van der Waals surface area contributed by atoms with E-state index < -0.39 is 28.8 Å². The number of benzene rings is 1. The number of hydrogen-bond acceptors (Lipinski definition) is 4. The van der Waals surface area contributed by atoms with Crippen LogP contribution < -0.4 is 5.43 Å². The summed E-state index contributed by atoms with van der Waals surface area (Å²) in [5, 5.41) is 20.0. The number of nitrogens with one attached hydrogen (secondary N) is 1. The van der Waals surface area contributed by atoms with E-state index in [0.29, 0.717) is 6.07 Å². The van der Waals surface area contributed by atoms with Crippen molar-refractivity contribution >= 4 is 11.4 Å². The van der Waals surface area contributed by atoms with Crippen molar-refractivity contribution in [2.24, 2.45) is 5.10 Å². The van der Waals surface area contributed by atoms with Crippen LogP contribution >= 0.6 is 0 Å². The third-order valence-corrected chi connectivity index (χ3v) is 2.16. The summed E-state index contributed by atoms with van der Waals surface area (Å²) in [6, 6.07) is 4.25. The Balaban J connectivity index is 3.20. The van der Waals surface area contributed by atoms with Crippen LogP contribution in [-0.4, -0.2) is 5.71 Å². The molecule has 98 valence electrons. The Kier molecular flexibility index (Phi) is 4.07. The van der Waals surface area contributed by atoms with Gasteiger partial charge in [0.05, 0.1) is 11.3 Å². The van der Waals surface area contributed by atoms with Crippen molar-refractivity contribution in [1.82, 2.24) is 0 Å². The number of anilines is 1. The van der Waals surface area contributed by atoms with Gasteiger partial charge in [0.25, 0.3) is 0 Å². The molecule has 0 aliphatic heterocycles. The van der Waals surface area contributed by atoms with Gasteiger partial charge in [-0.15, -0.1) is 0 Å². The molecular formula is C11H6F4N4. The summed E-state index contributed by atoms with van der Waals surface area (Å²) in [7, 11) is 0. The van der Waals surface area contributed by atoms with Crippen molar-refractivity contribution in [3.05, 3.63) is 29.1 Å². The van der Waals surface area contributed by atoms with Gasteiger partial charge >= 0.3 is 6.18 Å². The molecule has 0 bridgehead atoms. The molecule has 0 saturated heterocycles. The molecule has 1 rings (SSSR count). The van der Waals surface area contributed by atoms with E-state index in [9.17, 15) is 17.6 Å². The maximum absolute atomic E-state index is 13.3. The molecule has 0 radical (unpaired) electrons. The average Bonchev–Trinajstić information content (AvgIpc) is 2.33. The van der Waals surface area contributed by atoms with Gasteiger partial charge in [0.1, 0.15) is 18.0 Å². The van der Waals surface area contributed by atoms with Crippen molar-refractivity contribution < 1.29 is 17.6 Å². The predicted octanol–water partition coefficient (Wildman–Crippen LogP) is 2.97. The smallest absolute Gasteiger partial charge is 0.276 e. The van der Waals surface area contributed by atoms with Crippen LogP contribution in [0.15, 0.2) is 17.2 Å². The van der Waals surface area contributed by atoms with Crippen molar-refractivity contribution in [3.8, 4) is 12.1 Å². The lowest BCUT2D eigenvalue weighted by Gasteiger charge is -2.12. The first kappa shape index (κ1) is 14.5. The third kappa shape index (κ3) is 3.42. The Morgan fingerprint density at radius 1 is 1.26 bits per heavy atom. The van der Waals surface area contributed by atoms with E-state index in [0.717, 1.165) is 13.0 Å². The number of hydrogen-bond donors (Lipinski definition) is 1. The summed E-state index contributed by atoms with van der Waals surface area (Å²) in [4.78, 5) is 0. The monoisotopic (exact) mass is 270 g/mol. The van der Waals surface area contributed by atoms with Gasteiger partial charge in [0.2, 0.25) is 5.71 Å². The van der Waals surface area contributed by atoms with Gasteiger partial charge in [-0.3, -0.25) is 5.43 Å². The van der Waals surface area contributed by atoms with Crippen LogP contribution in [0.2, 0.25) is 0 Å². The zero-order valence-electron chi connectivity index (χ0n) is 9.51. The fourth-order valence-corrected chi connectivity index (χ4v) is 1.23. The topological polar surface area (TPSA) is 72.0 Å². The molecule has 19 heavy (non-hydrogen) atoms. The first-order chi connectivity index (χ1) is 8.79. The zero-order chi connectivity index (χ0) is 14.6. The molecule has 0 saturated carbocycles. The van der Waals surface area contributed by atoms with Gasteiger partial charge in [-0.2, -0.15) is 28.8 Å². The van der Waals surface area contributed by atoms with E-state index in [4.69, 9.17) is 10.5 Å². The van der Waals surface area contributed by atoms with Crippen LogP contribution in [0.3, 0.4) is 0 Å². The average molecular weight is 270 g/mol. The fourth-order valence-electron chi connectivity index (χ4n) is 1.23. The van der Waals surface area contributed by atoms with Crippen LogP contribution in [0, 0.1) is 35.4 Å². The molecule has 0 unspecified atom stereocenters. The normalized spacial score (nSPS) is 10.3. The zero-order valence-corrected chi connectivity index (χ0v) is 9.51. The highest BCUT2D eigenvalue weighted by molar-refractivity contribution is 6.10. The van der Waals surface area contributed by atoms with Crippen LogP contribution in [0.1, 0.15) is 11.1 Å². The van der Waals surface area contributed by atoms with Crippen molar-refractivity contribution in [2.75, 3.05) is 5.43 Å². The molecule has 0 amide bonds. The van der Waals surface area contributed by atoms with Crippen LogP contribution in [0.4, 0.5) is 23.2 Å². The van der Waals surface area contributed by atoms with Crippen LogP contribution in [0.25, 0.3) is 0 Å². The molecule has 1 aromatic carbocycles. The largest absolute Gasteiger partial charge is 0.416 e. The first-order valence-electron chi connectivity index (χ1n) is 4.81. The van der Waals surface area contributed by atoms with Gasteiger partial charge in [-0.1, -0.05) is 0 Å². The van der Waals surface area contributed by atoms with Gasteiger partial charge in [0.15, 0.2) is 0 Å². The predicted molar refractivity (Wildman–Crippen MR) is 58.4 cm³/mol. The Bertz CT molecular complexity index is 589. The van der Waals surface area contributed by atoms with Gasteiger partial charge in [-0.05, 0) is 24.6 Å². The molecular weight excluding hydrogens is 264 g/mol. The third-order valence-electron chi connectivity index (χ3n) is 2.16. The Labute approximate surface area is 105 Å².